The SMILES string of the molecule is COc1ccc(CCC(=O)N[C@H](C)c2ccc3c(c2)CCC3)cc1OC. The van der Waals surface area contributed by atoms with E-state index in [0.717, 1.165) is 12.0 Å². The molecule has 1 aliphatic carbocycles. The second-order valence-corrected chi connectivity index (χ2v) is 6.86. The molecule has 2 aromatic carbocycles. The van der Waals surface area contributed by atoms with Gasteiger partial charge in [-0.1, -0.05) is 24.3 Å². The van der Waals surface area contributed by atoms with Gasteiger partial charge in [0, 0.05) is 6.42 Å². The first-order valence-corrected chi connectivity index (χ1v) is 9.22. The highest BCUT2D eigenvalue weighted by Crippen LogP contribution is 2.28. The number of carbonyl (C=O) groups excluding carboxylic acids is 1. The van der Waals surface area contributed by atoms with Gasteiger partial charge in [0.05, 0.1) is 20.3 Å². The third-order valence-electron chi connectivity index (χ3n) is 5.09. The summed E-state index contributed by atoms with van der Waals surface area (Å²) in [6.07, 6.45) is 4.70. The van der Waals surface area contributed by atoms with Gasteiger partial charge in [-0.2, -0.15) is 0 Å². The molecule has 0 bridgehead atoms. The highest BCUT2D eigenvalue weighted by Gasteiger charge is 2.15. The largest absolute Gasteiger partial charge is 0.493 e. The molecule has 1 atom stereocenters. The topological polar surface area (TPSA) is 47.6 Å². The minimum Gasteiger partial charge on any atom is -0.493 e. The van der Waals surface area contributed by atoms with Gasteiger partial charge in [0.25, 0.3) is 0 Å². The van der Waals surface area contributed by atoms with Crippen molar-refractivity contribution in [3.63, 3.8) is 0 Å². The molecule has 1 N–H and O–H groups in total. The van der Waals surface area contributed by atoms with E-state index in [-0.39, 0.29) is 11.9 Å². The number of nitrogens with one attached hydrogen (secondary N) is 1. The van der Waals surface area contributed by atoms with Gasteiger partial charge in [0.1, 0.15) is 0 Å². The van der Waals surface area contributed by atoms with Crippen LogP contribution in [0, 0.1) is 0 Å². The summed E-state index contributed by atoms with van der Waals surface area (Å²) in [6.45, 7) is 2.05. The van der Waals surface area contributed by atoms with Gasteiger partial charge in [-0.15, -0.1) is 0 Å². The molecule has 3 rings (SSSR count). The fourth-order valence-corrected chi connectivity index (χ4v) is 3.55. The van der Waals surface area contributed by atoms with Crippen molar-refractivity contribution >= 4 is 5.91 Å². The molecule has 0 aromatic heterocycles. The van der Waals surface area contributed by atoms with E-state index in [1.807, 2.05) is 25.1 Å². The van der Waals surface area contributed by atoms with E-state index in [1.54, 1.807) is 14.2 Å². The lowest BCUT2D eigenvalue weighted by atomic mass is 10.0. The summed E-state index contributed by atoms with van der Waals surface area (Å²) in [7, 11) is 3.23. The van der Waals surface area contributed by atoms with E-state index in [1.165, 1.54) is 29.5 Å². The molecule has 0 aliphatic heterocycles. The predicted octanol–water partition coefficient (Wildman–Crippen LogP) is 4.00. The Bertz CT molecular complexity index is 785. The number of amides is 1. The molecule has 26 heavy (non-hydrogen) atoms. The summed E-state index contributed by atoms with van der Waals surface area (Å²) < 4.78 is 10.6. The van der Waals surface area contributed by atoms with Gasteiger partial charge < -0.3 is 14.8 Å². The second-order valence-electron chi connectivity index (χ2n) is 6.86. The molecule has 0 saturated heterocycles. The molecular weight excluding hydrogens is 326 g/mol. The highest BCUT2D eigenvalue weighted by molar-refractivity contribution is 5.76. The third-order valence-corrected chi connectivity index (χ3v) is 5.09. The summed E-state index contributed by atoms with van der Waals surface area (Å²) in [5, 5.41) is 3.11. The number of ether oxygens (including phenoxy) is 2. The average molecular weight is 353 g/mol. The van der Waals surface area contributed by atoms with Crippen molar-refractivity contribution in [3.05, 3.63) is 58.7 Å². The third kappa shape index (κ3) is 4.18. The van der Waals surface area contributed by atoms with E-state index < -0.39 is 0 Å². The smallest absolute Gasteiger partial charge is 0.220 e. The fraction of sp³-hybridized carbons (Fsp3) is 0.409. The van der Waals surface area contributed by atoms with Crippen LogP contribution in [0.3, 0.4) is 0 Å². The monoisotopic (exact) mass is 353 g/mol. The van der Waals surface area contributed by atoms with Gasteiger partial charge in [-0.25, -0.2) is 0 Å². The van der Waals surface area contributed by atoms with Gasteiger partial charge >= 0.3 is 0 Å². The van der Waals surface area contributed by atoms with Crippen LogP contribution in [0.15, 0.2) is 36.4 Å². The lowest BCUT2D eigenvalue weighted by Crippen LogP contribution is -2.26. The molecule has 4 heteroatoms. The molecule has 0 heterocycles. The summed E-state index contributed by atoms with van der Waals surface area (Å²) in [5.74, 6) is 1.45. The molecule has 1 amide bonds. The van der Waals surface area contributed by atoms with Gasteiger partial charge in [0.2, 0.25) is 5.91 Å². The molecule has 0 unspecified atom stereocenters. The van der Waals surface area contributed by atoms with Crippen LogP contribution < -0.4 is 14.8 Å². The van der Waals surface area contributed by atoms with E-state index in [4.69, 9.17) is 9.47 Å². The number of aryl methyl sites for hydroxylation is 3. The molecule has 0 radical (unpaired) electrons. The maximum atomic E-state index is 12.3. The molecule has 1 aliphatic rings. The van der Waals surface area contributed by atoms with E-state index in [9.17, 15) is 4.79 Å². The lowest BCUT2D eigenvalue weighted by Gasteiger charge is -2.16. The molecule has 0 fully saturated rings. The van der Waals surface area contributed by atoms with E-state index in [0.29, 0.717) is 24.3 Å². The maximum Gasteiger partial charge on any atom is 0.220 e. The van der Waals surface area contributed by atoms with Crippen molar-refractivity contribution in [2.24, 2.45) is 0 Å². The standard InChI is InChI=1S/C22H27NO3/c1-15(18-10-9-17-5-4-6-19(17)14-18)23-22(24)12-8-16-7-11-20(25-2)21(13-16)26-3/h7,9-11,13-15H,4-6,8,12H2,1-3H3,(H,23,24)/t15-/m1/s1. The number of rotatable bonds is 7. The van der Waals surface area contributed by atoms with Crippen LogP contribution >= 0.6 is 0 Å². The number of carbonyl (C=O) groups is 1. The molecule has 0 saturated carbocycles. The maximum absolute atomic E-state index is 12.3. The molecular formula is C22H27NO3. The first kappa shape index (κ1) is 18.3. The number of benzene rings is 2. The van der Waals surface area contributed by atoms with E-state index >= 15 is 0 Å². The van der Waals surface area contributed by atoms with Crippen molar-refractivity contribution in [1.29, 1.82) is 0 Å². The zero-order valence-corrected chi connectivity index (χ0v) is 15.8. The summed E-state index contributed by atoms with van der Waals surface area (Å²) in [4.78, 5) is 12.3. The Morgan fingerprint density at radius 1 is 1.04 bits per heavy atom. The van der Waals surface area contributed by atoms with Crippen molar-refractivity contribution in [2.45, 2.75) is 45.1 Å². The summed E-state index contributed by atoms with van der Waals surface area (Å²) in [5.41, 5.74) is 5.14. The predicted molar refractivity (Wildman–Crippen MR) is 103 cm³/mol. The van der Waals surface area contributed by atoms with Crippen LogP contribution in [0.5, 0.6) is 11.5 Å². The second kappa shape index (κ2) is 8.26. The van der Waals surface area contributed by atoms with Crippen molar-refractivity contribution < 1.29 is 14.3 Å². The van der Waals surface area contributed by atoms with Crippen LogP contribution in [-0.4, -0.2) is 20.1 Å². The minimum atomic E-state index is 0.0267. The minimum absolute atomic E-state index is 0.0267. The van der Waals surface area contributed by atoms with Gasteiger partial charge in [-0.3, -0.25) is 4.79 Å². The molecule has 4 nitrogen and oxygen atoms in total. The first-order valence-electron chi connectivity index (χ1n) is 9.22. The normalized spacial score (nSPS) is 13.8. The van der Waals surface area contributed by atoms with Crippen molar-refractivity contribution in [1.82, 2.24) is 5.32 Å². The number of hydrogen-bond donors (Lipinski definition) is 1. The summed E-state index contributed by atoms with van der Waals surface area (Å²) >= 11 is 0. The number of hydrogen-bond acceptors (Lipinski definition) is 3. The number of fused-ring (bicyclic) bond motifs is 1. The quantitative estimate of drug-likeness (QED) is 0.818. The average Bonchev–Trinajstić information content (AvgIpc) is 3.13. The highest BCUT2D eigenvalue weighted by atomic mass is 16.5. The molecule has 0 spiro atoms. The zero-order chi connectivity index (χ0) is 18.5. The molecule has 138 valence electrons. The van der Waals surface area contributed by atoms with Crippen LogP contribution in [0.2, 0.25) is 0 Å². The first-order chi connectivity index (χ1) is 12.6. The van der Waals surface area contributed by atoms with Crippen LogP contribution in [0.4, 0.5) is 0 Å². The Balaban J connectivity index is 1.55. The van der Waals surface area contributed by atoms with Gasteiger partial charge in [-0.05, 0) is 67.0 Å². The van der Waals surface area contributed by atoms with E-state index in [2.05, 4.69) is 23.5 Å². The Hall–Kier alpha value is -2.49. The van der Waals surface area contributed by atoms with Crippen LogP contribution in [-0.2, 0) is 24.1 Å². The Kier molecular flexibility index (Phi) is 5.82. The Labute approximate surface area is 155 Å². The van der Waals surface area contributed by atoms with Gasteiger partial charge in [0.15, 0.2) is 11.5 Å². The molecule has 2 aromatic rings. The van der Waals surface area contributed by atoms with Crippen LogP contribution in [0.25, 0.3) is 0 Å². The Morgan fingerprint density at radius 2 is 1.81 bits per heavy atom. The Morgan fingerprint density at radius 3 is 2.58 bits per heavy atom. The lowest BCUT2D eigenvalue weighted by molar-refractivity contribution is -0.121. The number of methoxy groups -OCH3 is 2. The van der Waals surface area contributed by atoms with Crippen molar-refractivity contribution in [2.75, 3.05) is 14.2 Å². The summed E-state index contributed by atoms with van der Waals surface area (Å²) in [6, 6.07) is 12.4. The zero-order valence-electron chi connectivity index (χ0n) is 15.8. The fourth-order valence-electron chi connectivity index (χ4n) is 3.55. The van der Waals surface area contributed by atoms with Crippen LogP contribution in [0.1, 0.15) is 48.1 Å². The van der Waals surface area contributed by atoms with Crippen molar-refractivity contribution in [3.8, 4) is 11.5 Å².